The molecule has 2 amide bonds. The Morgan fingerprint density at radius 1 is 0.830 bits per heavy atom. The number of hydrazine groups is 1. The molecule has 7 nitrogen and oxygen atoms in total. The Hall–Kier alpha value is -4.67. The van der Waals surface area contributed by atoms with E-state index in [0.717, 1.165) is 36.6 Å². The predicted molar refractivity (Wildman–Crippen MR) is 170 cm³/mol. The summed E-state index contributed by atoms with van der Waals surface area (Å²) in [4.78, 5) is 28.4. The summed E-state index contributed by atoms with van der Waals surface area (Å²) >= 11 is 0. The number of nitrogens with zero attached hydrogens (tertiary/aromatic N) is 1. The van der Waals surface area contributed by atoms with Gasteiger partial charge in [-0.2, -0.15) is 13.2 Å². The smallest absolute Gasteiger partial charge is 0.419 e. The van der Waals surface area contributed by atoms with Crippen molar-refractivity contribution in [3.63, 3.8) is 0 Å². The van der Waals surface area contributed by atoms with E-state index in [4.69, 9.17) is 9.47 Å². The third-order valence-corrected chi connectivity index (χ3v) is 9.02. The summed E-state index contributed by atoms with van der Waals surface area (Å²) in [5.74, 6) is -1.87. The number of amides is 2. The molecular formula is C37H36F3N3O4. The van der Waals surface area contributed by atoms with Crippen molar-refractivity contribution in [1.29, 1.82) is 0 Å². The van der Waals surface area contributed by atoms with Crippen LogP contribution >= 0.6 is 0 Å². The first kappa shape index (κ1) is 32.3. The number of nitrogens with one attached hydrogen (secondary N) is 2. The second-order valence-corrected chi connectivity index (χ2v) is 12.6. The van der Waals surface area contributed by atoms with Crippen LogP contribution < -0.4 is 15.6 Å². The molecule has 244 valence electrons. The molecule has 10 heteroatoms. The number of aryl methyl sites for hydroxylation is 1. The van der Waals surface area contributed by atoms with Crippen LogP contribution in [0, 0.1) is 0 Å². The molecule has 4 aromatic carbocycles. The molecule has 4 aromatic rings. The van der Waals surface area contributed by atoms with E-state index in [1.54, 1.807) is 36.4 Å². The van der Waals surface area contributed by atoms with Crippen molar-refractivity contribution in [1.82, 2.24) is 15.8 Å². The second-order valence-electron chi connectivity index (χ2n) is 12.6. The van der Waals surface area contributed by atoms with Gasteiger partial charge in [0.2, 0.25) is 0 Å². The number of rotatable bonds is 7. The summed E-state index contributed by atoms with van der Waals surface area (Å²) in [5, 5.41) is 0. The molecule has 1 fully saturated rings. The predicted octanol–water partition coefficient (Wildman–Crippen LogP) is 6.86. The standard InChI is InChI=1S/C37H36F3N3O4/c1-35(2)43(22-25-9-5-3-6-10-25)36(24-47-35)18-17-27-13-14-28(19-30(27)21-36)33(44)41-42-34(45)29-15-16-32(31(20-29)37(38,39)40)46-23-26-11-7-4-8-12-26/h3-16,19-20H,17-18,21-24H2,1-2H3,(H,41,44)(H,42,45)/t36-/m0/s1. The topological polar surface area (TPSA) is 79.9 Å². The molecule has 0 bridgehead atoms. The fourth-order valence-corrected chi connectivity index (χ4v) is 6.51. The van der Waals surface area contributed by atoms with E-state index in [1.165, 1.54) is 11.6 Å². The van der Waals surface area contributed by atoms with E-state index < -0.39 is 35.0 Å². The zero-order chi connectivity index (χ0) is 33.2. The van der Waals surface area contributed by atoms with Crippen LogP contribution in [0.1, 0.15) is 68.8 Å². The van der Waals surface area contributed by atoms with Crippen LogP contribution in [0.25, 0.3) is 0 Å². The number of carbonyl (C=O) groups is 2. The molecule has 1 spiro atoms. The van der Waals surface area contributed by atoms with Crippen LogP contribution in [0.2, 0.25) is 0 Å². The molecule has 0 unspecified atom stereocenters. The Balaban J connectivity index is 1.13. The highest BCUT2D eigenvalue weighted by Gasteiger charge is 2.52. The van der Waals surface area contributed by atoms with Crippen molar-refractivity contribution in [2.75, 3.05) is 6.61 Å². The molecule has 2 N–H and O–H groups in total. The van der Waals surface area contributed by atoms with E-state index in [9.17, 15) is 22.8 Å². The lowest BCUT2D eigenvalue weighted by Crippen LogP contribution is -2.54. The van der Waals surface area contributed by atoms with Gasteiger partial charge in [-0.3, -0.25) is 25.3 Å². The quantitative estimate of drug-likeness (QED) is 0.215. The average Bonchev–Trinajstić information content (AvgIpc) is 3.30. The Labute approximate surface area is 271 Å². The van der Waals surface area contributed by atoms with Crippen LogP contribution in [-0.4, -0.2) is 34.6 Å². The summed E-state index contributed by atoms with van der Waals surface area (Å²) in [6, 6.07) is 27.5. The van der Waals surface area contributed by atoms with Gasteiger partial charge < -0.3 is 9.47 Å². The van der Waals surface area contributed by atoms with E-state index in [-0.39, 0.29) is 17.7 Å². The van der Waals surface area contributed by atoms with Crippen molar-refractivity contribution in [3.05, 3.63) is 136 Å². The van der Waals surface area contributed by atoms with Gasteiger partial charge in [0.15, 0.2) is 0 Å². The molecule has 1 aliphatic heterocycles. The Bertz CT molecular complexity index is 1760. The molecule has 47 heavy (non-hydrogen) atoms. The SMILES string of the molecule is CC1(C)OC[C@@]2(CCc3ccc(C(=O)NNC(=O)c4ccc(OCc5ccccc5)c(C(F)(F)F)c4)cc3C2)N1Cc1ccccc1. The van der Waals surface area contributed by atoms with Crippen LogP contribution in [0.5, 0.6) is 5.75 Å². The minimum Gasteiger partial charge on any atom is -0.488 e. The first-order valence-electron chi connectivity index (χ1n) is 15.5. The third-order valence-electron chi connectivity index (χ3n) is 9.02. The molecule has 1 saturated heterocycles. The van der Waals surface area contributed by atoms with Crippen molar-refractivity contribution in [2.45, 2.75) is 63.7 Å². The maximum atomic E-state index is 13.9. The monoisotopic (exact) mass is 643 g/mol. The van der Waals surface area contributed by atoms with Gasteiger partial charge in [-0.05, 0) is 85.7 Å². The summed E-state index contributed by atoms with van der Waals surface area (Å²) in [7, 11) is 0. The van der Waals surface area contributed by atoms with E-state index in [1.807, 2.05) is 30.3 Å². The number of fused-ring (bicyclic) bond motifs is 1. The first-order chi connectivity index (χ1) is 22.4. The van der Waals surface area contributed by atoms with Gasteiger partial charge in [-0.25, -0.2) is 0 Å². The highest BCUT2D eigenvalue weighted by Crippen LogP contribution is 2.44. The van der Waals surface area contributed by atoms with E-state index >= 15 is 0 Å². The highest BCUT2D eigenvalue weighted by molar-refractivity contribution is 5.99. The molecule has 1 heterocycles. The first-order valence-corrected chi connectivity index (χ1v) is 15.5. The lowest BCUT2D eigenvalue weighted by atomic mass is 9.76. The number of benzene rings is 4. The number of halogens is 3. The second kappa shape index (κ2) is 12.8. The van der Waals surface area contributed by atoms with Gasteiger partial charge >= 0.3 is 6.18 Å². The number of ether oxygens (including phenoxy) is 2. The van der Waals surface area contributed by atoms with Gasteiger partial charge in [0.25, 0.3) is 11.8 Å². The molecule has 1 atom stereocenters. The summed E-state index contributed by atoms with van der Waals surface area (Å²) < 4.78 is 53.4. The van der Waals surface area contributed by atoms with Crippen LogP contribution in [0.3, 0.4) is 0 Å². The summed E-state index contributed by atoms with van der Waals surface area (Å²) in [6.07, 6.45) is -2.34. The highest BCUT2D eigenvalue weighted by atomic mass is 19.4. The van der Waals surface area contributed by atoms with Gasteiger partial charge in [0, 0.05) is 17.7 Å². The van der Waals surface area contributed by atoms with Crippen LogP contribution in [0.4, 0.5) is 13.2 Å². The molecule has 0 aromatic heterocycles. The molecule has 6 rings (SSSR count). The largest absolute Gasteiger partial charge is 0.488 e. The molecule has 2 aliphatic rings. The van der Waals surface area contributed by atoms with Gasteiger partial charge in [0.1, 0.15) is 18.1 Å². The van der Waals surface area contributed by atoms with Crippen LogP contribution in [0.15, 0.2) is 97.1 Å². The van der Waals surface area contributed by atoms with Gasteiger partial charge in [0.05, 0.1) is 17.7 Å². The van der Waals surface area contributed by atoms with Gasteiger partial charge in [-0.15, -0.1) is 0 Å². The maximum Gasteiger partial charge on any atom is 0.419 e. The minimum atomic E-state index is -4.76. The zero-order valence-corrected chi connectivity index (χ0v) is 26.2. The van der Waals surface area contributed by atoms with Gasteiger partial charge in [-0.1, -0.05) is 66.7 Å². The van der Waals surface area contributed by atoms with Crippen molar-refractivity contribution in [3.8, 4) is 5.75 Å². The fraction of sp³-hybridized carbons (Fsp3) is 0.297. The third kappa shape index (κ3) is 7.03. The molecular weight excluding hydrogens is 607 g/mol. The van der Waals surface area contributed by atoms with Crippen molar-refractivity contribution < 1.29 is 32.2 Å². The number of hydrogen-bond acceptors (Lipinski definition) is 5. The molecule has 1 aliphatic carbocycles. The Kier molecular flexibility index (Phi) is 8.82. The van der Waals surface area contributed by atoms with Crippen LogP contribution in [-0.2, 0) is 36.9 Å². The average molecular weight is 644 g/mol. The van der Waals surface area contributed by atoms with E-state index in [0.29, 0.717) is 30.2 Å². The van der Waals surface area contributed by atoms with Crippen molar-refractivity contribution in [2.24, 2.45) is 0 Å². The maximum absolute atomic E-state index is 13.9. The summed E-state index contributed by atoms with van der Waals surface area (Å²) in [6.45, 7) is 5.38. The Morgan fingerprint density at radius 3 is 2.11 bits per heavy atom. The van der Waals surface area contributed by atoms with E-state index in [2.05, 4.69) is 41.7 Å². The summed E-state index contributed by atoms with van der Waals surface area (Å²) in [5.41, 5.74) is 6.92. The number of hydrogen-bond donors (Lipinski definition) is 2. The number of carbonyl (C=O) groups excluding carboxylic acids is 2. The Morgan fingerprint density at radius 2 is 1.45 bits per heavy atom. The van der Waals surface area contributed by atoms with Crippen molar-refractivity contribution >= 4 is 11.8 Å². The molecule has 0 radical (unpaired) electrons. The lowest BCUT2D eigenvalue weighted by molar-refractivity contribution is -0.139. The number of alkyl halides is 3. The normalized spacial score (nSPS) is 18.8. The molecule has 0 saturated carbocycles. The minimum absolute atomic E-state index is 0.0662. The lowest BCUT2D eigenvalue weighted by Gasteiger charge is -2.45. The zero-order valence-electron chi connectivity index (χ0n) is 26.2. The fourth-order valence-electron chi connectivity index (χ4n) is 6.51.